The Morgan fingerprint density at radius 1 is 1.15 bits per heavy atom. The topological polar surface area (TPSA) is 79.2 Å². The van der Waals surface area contributed by atoms with Crippen molar-refractivity contribution in [2.75, 3.05) is 0 Å². The van der Waals surface area contributed by atoms with Crippen molar-refractivity contribution in [3.8, 4) is 17.6 Å². The van der Waals surface area contributed by atoms with E-state index in [0.717, 1.165) is 0 Å². The maximum absolute atomic E-state index is 12.5. The van der Waals surface area contributed by atoms with E-state index in [2.05, 4.69) is 4.72 Å². The third-order valence-electron chi connectivity index (χ3n) is 4.08. The van der Waals surface area contributed by atoms with Crippen LogP contribution in [0, 0.1) is 16.7 Å². The molecule has 0 aliphatic carbocycles. The molecule has 0 heterocycles. The molecular weight excluding hydrogens is 372 g/mol. The predicted molar refractivity (Wildman–Crippen MR) is 102 cm³/mol. The van der Waals surface area contributed by atoms with Crippen LogP contribution in [0.3, 0.4) is 0 Å². The van der Waals surface area contributed by atoms with E-state index >= 15 is 0 Å². The SMILES string of the molecule is C[C@@H](NS(=O)(=O)c1ccc(Oc2cccc(Cl)c2C#N)cc1)C(C)(C)C. The summed E-state index contributed by atoms with van der Waals surface area (Å²) in [6.07, 6.45) is 0. The first kappa shape index (κ1) is 20.2. The molecule has 0 saturated heterocycles. The van der Waals surface area contributed by atoms with Gasteiger partial charge in [-0.3, -0.25) is 0 Å². The third-order valence-corrected chi connectivity index (χ3v) is 5.95. The van der Waals surface area contributed by atoms with Gasteiger partial charge in [-0.05, 0) is 48.7 Å². The largest absolute Gasteiger partial charge is 0.456 e. The van der Waals surface area contributed by atoms with E-state index in [0.29, 0.717) is 16.5 Å². The average molecular weight is 393 g/mol. The van der Waals surface area contributed by atoms with Crippen LogP contribution in [0.5, 0.6) is 11.5 Å². The number of hydrogen-bond donors (Lipinski definition) is 1. The standard InChI is InChI=1S/C19H21ClN2O3S/c1-13(19(2,3)4)22-26(23,24)15-10-8-14(9-11-15)25-18-7-5-6-17(20)16(18)12-21/h5-11,13,22H,1-4H3/t13-/m1/s1. The van der Waals surface area contributed by atoms with Gasteiger partial charge < -0.3 is 4.74 Å². The summed E-state index contributed by atoms with van der Waals surface area (Å²) >= 11 is 5.98. The van der Waals surface area contributed by atoms with E-state index in [-0.39, 0.29) is 21.9 Å². The Kier molecular flexibility index (Phi) is 5.97. The Balaban J connectivity index is 2.21. The Morgan fingerprint density at radius 3 is 2.31 bits per heavy atom. The molecule has 7 heteroatoms. The van der Waals surface area contributed by atoms with Crippen LogP contribution >= 0.6 is 11.6 Å². The van der Waals surface area contributed by atoms with Crippen LogP contribution in [0.4, 0.5) is 0 Å². The normalized spacial score (nSPS) is 13.1. The zero-order valence-corrected chi connectivity index (χ0v) is 16.6. The highest BCUT2D eigenvalue weighted by molar-refractivity contribution is 7.89. The molecule has 5 nitrogen and oxygen atoms in total. The van der Waals surface area contributed by atoms with Gasteiger partial charge >= 0.3 is 0 Å². The summed E-state index contributed by atoms with van der Waals surface area (Å²) in [6, 6.07) is 12.7. The van der Waals surface area contributed by atoms with Gasteiger partial charge in [0.05, 0.1) is 9.92 Å². The molecule has 0 amide bonds. The molecule has 1 N–H and O–H groups in total. The van der Waals surface area contributed by atoms with Crippen molar-refractivity contribution in [3.63, 3.8) is 0 Å². The van der Waals surface area contributed by atoms with Crippen LogP contribution in [0.1, 0.15) is 33.3 Å². The molecule has 0 unspecified atom stereocenters. The molecule has 26 heavy (non-hydrogen) atoms. The van der Waals surface area contributed by atoms with Crippen molar-refractivity contribution in [1.29, 1.82) is 5.26 Å². The quantitative estimate of drug-likeness (QED) is 0.798. The summed E-state index contributed by atoms with van der Waals surface area (Å²) in [5.74, 6) is 0.724. The number of nitriles is 1. The van der Waals surface area contributed by atoms with Crippen molar-refractivity contribution in [2.24, 2.45) is 5.41 Å². The van der Waals surface area contributed by atoms with Crippen LogP contribution in [0.25, 0.3) is 0 Å². The molecule has 0 radical (unpaired) electrons. The number of hydrogen-bond acceptors (Lipinski definition) is 4. The smallest absolute Gasteiger partial charge is 0.240 e. The van der Waals surface area contributed by atoms with Gasteiger partial charge in [-0.15, -0.1) is 0 Å². The minimum atomic E-state index is -3.63. The summed E-state index contributed by atoms with van der Waals surface area (Å²) in [5, 5.41) is 9.47. The summed E-state index contributed by atoms with van der Waals surface area (Å²) in [5.41, 5.74) is 0.0303. The van der Waals surface area contributed by atoms with Crippen molar-refractivity contribution >= 4 is 21.6 Å². The predicted octanol–water partition coefficient (Wildman–Crippen LogP) is 4.72. The molecule has 2 rings (SSSR count). The second-order valence-electron chi connectivity index (χ2n) is 7.01. The minimum Gasteiger partial charge on any atom is -0.456 e. The highest BCUT2D eigenvalue weighted by atomic mass is 35.5. The van der Waals surface area contributed by atoms with E-state index < -0.39 is 10.0 Å². The molecule has 0 spiro atoms. The molecule has 0 fully saturated rings. The maximum Gasteiger partial charge on any atom is 0.240 e. The lowest BCUT2D eigenvalue weighted by Gasteiger charge is -2.27. The van der Waals surface area contributed by atoms with Crippen LogP contribution in [0.15, 0.2) is 47.4 Å². The van der Waals surface area contributed by atoms with Crippen molar-refractivity contribution < 1.29 is 13.2 Å². The van der Waals surface area contributed by atoms with E-state index in [4.69, 9.17) is 16.3 Å². The molecule has 0 aliphatic rings. The summed E-state index contributed by atoms with van der Waals surface area (Å²) in [6.45, 7) is 7.73. The van der Waals surface area contributed by atoms with Crippen LogP contribution in [-0.4, -0.2) is 14.5 Å². The Hall–Kier alpha value is -2.07. The Labute approximate surface area is 159 Å². The van der Waals surface area contributed by atoms with E-state index in [1.54, 1.807) is 30.3 Å². The molecule has 1 atom stereocenters. The molecule has 2 aromatic rings. The molecular formula is C19H21ClN2O3S. The summed E-state index contributed by atoms with van der Waals surface area (Å²) < 4.78 is 33.3. The van der Waals surface area contributed by atoms with E-state index in [1.807, 2.05) is 33.8 Å². The van der Waals surface area contributed by atoms with E-state index in [1.165, 1.54) is 12.1 Å². The van der Waals surface area contributed by atoms with Gasteiger partial charge in [-0.2, -0.15) is 5.26 Å². The van der Waals surface area contributed by atoms with Crippen molar-refractivity contribution in [1.82, 2.24) is 4.72 Å². The number of rotatable bonds is 5. The zero-order chi connectivity index (χ0) is 19.5. The van der Waals surface area contributed by atoms with Gasteiger partial charge in [-0.1, -0.05) is 38.4 Å². The number of ether oxygens (including phenoxy) is 1. The molecule has 138 valence electrons. The second kappa shape index (κ2) is 7.67. The summed E-state index contributed by atoms with van der Waals surface area (Å²) in [4.78, 5) is 0.146. The minimum absolute atomic E-state index is 0.146. The fourth-order valence-corrected chi connectivity index (χ4v) is 3.65. The molecule has 0 aliphatic heterocycles. The highest BCUT2D eigenvalue weighted by Gasteiger charge is 2.26. The molecule has 0 aromatic heterocycles. The second-order valence-corrected chi connectivity index (χ2v) is 9.13. The van der Waals surface area contributed by atoms with Gasteiger partial charge in [0.15, 0.2) is 0 Å². The molecule has 0 saturated carbocycles. The van der Waals surface area contributed by atoms with Gasteiger partial charge in [0.2, 0.25) is 10.0 Å². The number of nitrogens with one attached hydrogen (secondary N) is 1. The summed E-state index contributed by atoms with van der Waals surface area (Å²) in [7, 11) is -3.63. The fraction of sp³-hybridized carbons (Fsp3) is 0.316. The first-order valence-corrected chi connectivity index (χ1v) is 9.89. The van der Waals surface area contributed by atoms with Crippen molar-refractivity contribution in [2.45, 2.75) is 38.6 Å². The van der Waals surface area contributed by atoms with Gasteiger partial charge in [0, 0.05) is 6.04 Å². The first-order valence-electron chi connectivity index (χ1n) is 8.03. The number of nitrogens with zero attached hydrogens (tertiary/aromatic N) is 1. The number of benzene rings is 2. The average Bonchev–Trinajstić information content (AvgIpc) is 2.54. The molecule has 0 bridgehead atoms. The third kappa shape index (κ3) is 4.76. The van der Waals surface area contributed by atoms with Gasteiger partial charge in [0.1, 0.15) is 23.1 Å². The first-order chi connectivity index (χ1) is 12.0. The lowest BCUT2D eigenvalue weighted by molar-refractivity contribution is 0.317. The van der Waals surface area contributed by atoms with Crippen molar-refractivity contribution in [3.05, 3.63) is 53.1 Å². The fourth-order valence-electron chi connectivity index (χ4n) is 1.99. The molecule has 2 aromatic carbocycles. The van der Waals surface area contributed by atoms with E-state index in [9.17, 15) is 13.7 Å². The maximum atomic E-state index is 12.5. The van der Waals surface area contributed by atoms with Gasteiger partial charge in [0.25, 0.3) is 0 Å². The number of sulfonamides is 1. The van der Waals surface area contributed by atoms with Crippen LogP contribution < -0.4 is 9.46 Å². The Morgan fingerprint density at radius 2 is 1.77 bits per heavy atom. The zero-order valence-electron chi connectivity index (χ0n) is 15.1. The number of halogens is 1. The van der Waals surface area contributed by atoms with Crippen LogP contribution in [-0.2, 0) is 10.0 Å². The van der Waals surface area contributed by atoms with Crippen LogP contribution in [0.2, 0.25) is 5.02 Å². The lowest BCUT2D eigenvalue weighted by Crippen LogP contribution is -2.41. The lowest BCUT2D eigenvalue weighted by atomic mass is 9.89. The highest BCUT2D eigenvalue weighted by Crippen LogP contribution is 2.30. The monoisotopic (exact) mass is 392 g/mol. The Bertz CT molecular complexity index is 927. The van der Waals surface area contributed by atoms with Gasteiger partial charge in [-0.25, -0.2) is 13.1 Å².